The van der Waals surface area contributed by atoms with Crippen molar-refractivity contribution in [2.75, 3.05) is 0 Å². The van der Waals surface area contributed by atoms with E-state index in [9.17, 15) is 0 Å². The van der Waals surface area contributed by atoms with Crippen LogP contribution in [0.25, 0.3) is 0 Å². The number of hydrogen-bond acceptors (Lipinski definition) is 2. The lowest BCUT2D eigenvalue weighted by Gasteiger charge is -2.21. The Bertz CT molecular complexity index is 582. The molecule has 2 aromatic carbocycles. The normalized spacial score (nSPS) is 12.4. The molecule has 0 aliphatic carbocycles. The summed E-state index contributed by atoms with van der Waals surface area (Å²) >= 11 is 0. The first-order valence-electron chi connectivity index (χ1n) is 7.12. The van der Waals surface area contributed by atoms with E-state index in [1.54, 1.807) is 0 Å². The van der Waals surface area contributed by atoms with Gasteiger partial charge in [0.25, 0.3) is 0 Å². The molecule has 2 heteroatoms. The summed E-state index contributed by atoms with van der Waals surface area (Å²) in [5.74, 6) is 5.82. The molecule has 20 heavy (non-hydrogen) atoms. The maximum Gasteiger partial charge on any atom is 0.0503 e. The molecule has 106 valence electrons. The number of aryl methyl sites for hydroxylation is 3. The number of rotatable bonds is 4. The molecule has 3 N–H and O–H groups in total. The lowest BCUT2D eigenvalue weighted by molar-refractivity contribution is 0.547. The smallest absolute Gasteiger partial charge is 0.0503 e. The fourth-order valence-electron chi connectivity index (χ4n) is 2.79. The van der Waals surface area contributed by atoms with Gasteiger partial charge in [-0.05, 0) is 67.5 Å². The summed E-state index contributed by atoms with van der Waals surface area (Å²) in [6, 6.07) is 13.0. The molecule has 1 unspecified atom stereocenters. The summed E-state index contributed by atoms with van der Waals surface area (Å²) in [5, 5.41) is 0. The van der Waals surface area contributed by atoms with Gasteiger partial charge >= 0.3 is 0 Å². The Kier molecular flexibility index (Phi) is 4.58. The van der Waals surface area contributed by atoms with Gasteiger partial charge in [-0.2, -0.15) is 0 Å². The summed E-state index contributed by atoms with van der Waals surface area (Å²) in [4.78, 5) is 0. The monoisotopic (exact) mass is 268 g/mol. The number of benzene rings is 2. The van der Waals surface area contributed by atoms with Crippen LogP contribution < -0.4 is 11.3 Å². The highest BCUT2D eigenvalue weighted by Gasteiger charge is 2.15. The van der Waals surface area contributed by atoms with E-state index in [0.717, 1.165) is 6.42 Å². The molecule has 0 aromatic heterocycles. The Morgan fingerprint density at radius 2 is 1.45 bits per heavy atom. The third kappa shape index (κ3) is 2.92. The molecule has 2 aromatic rings. The van der Waals surface area contributed by atoms with E-state index in [-0.39, 0.29) is 6.04 Å². The van der Waals surface area contributed by atoms with Crippen LogP contribution in [0.1, 0.15) is 39.4 Å². The van der Waals surface area contributed by atoms with E-state index in [4.69, 9.17) is 5.84 Å². The largest absolute Gasteiger partial charge is 0.271 e. The van der Waals surface area contributed by atoms with Crippen LogP contribution in [0.4, 0.5) is 0 Å². The molecule has 0 aliphatic rings. The van der Waals surface area contributed by atoms with E-state index in [2.05, 4.69) is 69.5 Å². The zero-order valence-corrected chi connectivity index (χ0v) is 12.8. The van der Waals surface area contributed by atoms with Crippen LogP contribution in [0, 0.1) is 27.7 Å². The summed E-state index contributed by atoms with van der Waals surface area (Å²) < 4.78 is 0. The van der Waals surface area contributed by atoms with Crippen molar-refractivity contribution < 1.29 is 0 Å². The van der Waals surface area contributed by atoms with Crippen molar-refractivity contribution in [3.63, 3.8) is 0 Å². The Balaban J connectivity index is 2.37. The van der Waals surface area contributed by atoms with Gasteiger partial charge in [0, 0.05) is 0 Å². The highest BCUT2D eigenvalue weighted by atomic mass is 15.2. The lowest BCUT2D eigenvalue weighted by Crippen LogP contribution is -2.30. The van der Waals surface area contributed by atoms with Crippen LogP contribution in [0.15, 0.2) is 36.4 Å². The van der Waals surface area contributed by atoms with Crippen LogP contribution in [-0.4, -0.2) is 0 Å². The van der Waals surface area contributed by atoms with E-state index < -0.39 is 0 Å². The standard InChI is InChI=1S/C18H24N2/c1-12-7-6-10-16(15(12)4)18(20-19)11-17-13(2)8-5-9-14(17)3/h5-10,18,20H,11,19H2,1-4H3. The Morgan fingerprint density at radius 1 is 0.900 bits per heavy atom. The lowest BCUT2D eigenvalue weighted by atomic mass is 9.90. The number of hydrogen-bond donors (Lipinski definition) is 2. The summed E-state index contributed by atoms with van der Waals surface area (Å²) in [6.45, 7) is 8.64. The average molecular weight is 268 g/mol. The van der Waals surface area contributed by atoms with Crippen molar-refractivity contribution in [2.24, 2.45) is 5.84 Å². The van der Waals surface area contributed by atoms with Crippen molar-refractivity contribution in [1.82, 2.24) is 5.43 Å². The minimum atomic E-state index is 0.148. The summed E-state index contributed by atoms with van der Waals surface area (Å²) in [6.07, 6.45) is 0.916. The second-order valence-electron chi connectivity index (χ2n) is 5.58. The molecule has 0 amide bonds. The van der Waals surface area contributed by atoms with Gasteiger partial charge in [-0.15, -0.1) is 0 Å². The fraction of sp³-hybridized carbons (Fsp3) is 0.333. The molecular formula is C18H24N2. The third-order valence-corrected chi connectivity index (χ3v) is 4.28. The van der Waals surface area contributed by atoms with E-state index in [0.29, 0.717) is 0 Å². The highest BCUT2D eigenvalue weighted by Crippen LogP contribution is 2.26. The minimum Gasteiger partial charge on any atom is -0.271 e. The predicted molar refractivity (Wildman–Crippen MR) is 85.6 cm³/mol. The summed E-state index contributed by atoms with van der Waals surface area (Å²) in [7, 11) is 0. The number of hydrazine groups is 1. The quantitative estimate of drug-likeness (QED) is 0.656. The van der Waals surface area contributed by atoms with E-state index >= 15 is 0 Å². The maximum atomic E-state index is 5.82. The molecule has 0 saturated carbocycles. The second kappa shape index (κ2) is 6.21. The molecule has 2 nitrogen and oxygen atoms in total. The van der Waals surface area contributed by atoms with Gasteiger partial charge in [-0.3, -0.25) is 11.3 Å². The fourth-order valence-corrected chi connectivity index (χ4v) is 2.79. The van der Waals surface area contributed by atoms with Crippen LogP contribution in [0.2, 0.25) is 0 Å². The van der Waals surface area contributed by atoms with Crippen LogP contribution >= 0.6 is 0 Å². The molecule has 0 bridgehead atoms. The van der Waals surface area contributed by atoms with Crippen LogP contribution in [0.3, 0.4) is 0 Å². The first-order chi connectivity index (χ1) is 9.54. The number of nitrogens with two attached hydrogens (primary N) is 1. The summed E-state index contributed by atoms with van der Waals surface area (Å²) in [5.41, 5.74) is 11.0. The zero-order valence-electron chi connectivity index (χ0n) is 12.8. The first-order valence-corrected chi connectivity index (χ1v) is 7.12. The molecule has 0 aliphatic heterocycles. The molecule has 0 radical (unpaired) electrons. The molecule has 0 heterocycles. The van der Waals surface area contributed by atoms with Gasteiger partial charge in [0.1, 0.15) is 0 Å². The Hall–Kier alpha value is -1.64. The topological polar surface area (TPSA) is 38.0 Å². The van der Waals surface area contributed by atoms with Crippen LogP contribution in [-0.2, 0) is 6.42 Å². The third-order valence-electron chi connectivity index (χ3n) is 4.28. The van der Waals surface area contributed by atoms with Crippen molar-refractivity contribution in [2.45, 2.75) is 40.2 Å². The SMILES string of the molecule is Cc1cccc(C(Cc2c(C)cccc2C)NN)c1C. The Morgan fingerprint density at radius 3 is 2.05 bits per heavy atom. The van der Waals surface area contributed by atoms with Gasteiger partial charge in [0.15, 0.2) is 0 Å². The van der Waals surface area contributed by atoms with Gasteiger partial charge < -0.3 is 0 Å². The van der Waals surface area contributed by atoms with Crippen molar-refractivity contribution >= 4 is 0 Å². The van der Waals surface area contributed by atoms with E-state index in [1.807, 2.05) is 0 Å². The molecular weight excluding hydrogens is 244 g/mol. The van der Waals surface area contributed by atoms with Crippen molar-refractivity contribution in [3.05, 3.63) is 69.8 Å². The van der Waals surface area contributed by atoms with Crippen molar-refractivity contribution in [3.8, 4) is 0 Å². The predicted octanol–water partition coefficient (Wildman–Crippen LogP) is 3.67. The Labute approximate surface area is 122 Å². The minimum absolute atomic E-state index is 0.148. The highest BCUT2D eigenvalue weighted by molar-refractivity contribution is 5.39. The molecule has 0 saturated heterocycles. The van der Waals surface area contributed by atoms with Gasteiger partial charge in [-0.25, -0.2) is 0 Å². The zero-order chi connectivity index (χ0) is 14.7. The molecule has 0 spiro atoms. The second-order valence-corrected chi connectivity index (χ2v) is 5.58. The first kappa shape index (κ1) is 14.8. The van der Waals surface area contributed by atoms with Gasteiger partial charge in [-0.1, -0.05) is 36.4 Å². The van der Waals surface area contributed by atoms with E-state index in [1.165, 1.54) is 33.4 Å². The van der Waals surface area contributed by atoms with Gasteiger partial charge in [0.05, 0.1) is 6.04 Å². The molecule has 1 atom stereocenters. The molecule has 2 rings (SSSR count). The van der Waals surface area contributed by atoms with Crippen molar-refractivity contribution in [1.29, 1.82) is 0 Å². The van der Waals surface area contributed by atoms with Gasteiger partial charge in [0.2, 0.25) is 0 Å². The number of nitrogens with one attached hydrogen (secondary N) is 1. The average Bonchev–Trinajstić information content (AvgIpc) is 2.42. The maximum absolute atomic E-state index is 5.82. The van der Waals surface area contributed by atoms with Crippen LogP contribution in [0.5, 0.6) is 0 Å². The molecule has 0 fully saturated rings.